The summed E-state index contributed by atoms with van der Waals surface area (Å²) < 4.78 is 35.6. The number of nitrogens with two attached hydrogens (primary N) is 1. The second kappa shape index (κ2) is 6.20. The lowest BCUT2D eigenvalue weighted by atomic mass is 9.98. The van der Waals surface area contributed by atoms with Gasteiger partial charge in [-0.25, -0.2) is 0 Å². The molecule has 1 aliphatic rings. The molecule has 1 saturated heterocycles. The van der Waals surface area contributed by atoms with Crippen LogP contribution in [-0.2, 0) is 4.79 Å². The van der Waals surface area contributed by atoms with Crippen LogP contribution in [-0.4, -0.2) is 49.7 Å². The Bertz CT molecular complexity index is 258. The lowest BCUT2D eigenvalue weighted by Crippen LogP contribution is -2.45. The Labute approximate surface area is 98.3 Å². The fourth-order valence-electron chi connectivity index (χ4n) is 1.95. The molecular weight excluding hydrogens is 235 g/mol. The molecule has 3 N–H and O–H groups in total. The number of nitrogens with zero attached hydrogens (tertiary/aromatic N) is 1. The van der Waals surface area contributed by atoms with Gasteiger partial charge in [-0.2, -0.15) is 13.2 Å². The molecular formula is C10H18F3N3O. The summed E-state index contributed by atoms with van der Waals surface area (Å²) in [7, 11) is 0. The lowest BCUT2D eigenvalue weighted by Gasteiger charge is -2.31. The summed E-state index contributed by atoms with van der Waals surface area (Å²) in [5.74, 6) is -0.237. The normalized spacial score (nSPS) is 22.5. The first-order chi connectivity index (χ1) is 7.90. The van der Waals surface area contributed by atoms with Gasteiger partial charge >= 0.3 is 6.18 Å². The quantitative estimate of drug-likeness (QED) is 0.759. The van der Waals surface area contributed by atoms with Crippen LogP contribution in [0.3, 0.4) is 0 Å². The Morgan fingerprint density at radius 2 is 2.18 bits per heavy atom. The Balaban J connectivity index is 2.26. The predicted molar refractivity (Wildman–Crippen MR) is 57.3 cm³/mol. The Morgan fingerprint density at radius 3 is 2.76 bits per heavy atom. The molecule has 17 heavy (non-hydrogen) atoms. The van der Waals surface area contributed by atoms with Crippen molar-refractivity contribution in [3.8, 4) is 0 Å². The van der Waals surface area contributed by atoms with E-state index in [0.717, 1.165) is 19.4 Å². The minimum atomic E-state index is -4.35. The van der Waals surface area contributed by atoms with E-state index in [4.69, 9.17) is 5.73 Å². The maximum Gasteiger partial charge on any atom is 0.405 e. The first-order valence-electron chi connectivity index (χ1n) is 5.66. The fraction of sp³-hybridized carbons (Fsp3) is 0.900. The molecule has 0 spiro atoms. The smallest absolute Gasteiger partial charge is 0.346 e. The molecule has 4 nitrogen and oxygen atoms in total. The first kappa shape index (κ1) is 14.2. The number of piperidine rings is 1. The van der Waals surface area contributed by atoms with Crippen molar-refractivity contribution in [3.63, 3.8) is 0 Å². The summed E-state index contributed by atoms with van der Waals surface area (Å²) in [6.45, 7) is 0.749. The maximum atomic E-state index is 11.9. The highest BCUT2D eigenvalue weighted by Crippen LogP contribution is 2.15. The fourth-order valence-corrected chi connectivity index (χ4v) is 1.95. The van der Waals surface area contributed by atoms with Crippen molar-refractivity contribution in [1.29, 1.82) is 0 Å². The number of carbonyl (C=O) groups excluding carboxylic acids is 1. The summed E-state index contributed by atoms with van der Waals surface area (Å²) >= 11 is 0. The van der Waals surface area contributed by atoms with Crippen molar-refractivity contribution in [2.75, 3.05) is 32.7 Å². The van der Waals surface area contributed by atoms with Gasteiger partial charge < -0.3 is 11.1 Å². The third-order valence-electron chi connectivity index (χ3n) is 2.79. The number of carbonyl (C=O) groups is 1. The highest BCUT2D eigenvalue weighted by molar-refractivity contribution is 5.78. The van der Waals surface area contributed by atoms with Crippen LogP contribution >= 0.6 is 0 Å². The molecule has 1 amide bonds. The molecule has 0 saturated carbocycles. The van der Waals surface area contributed by atoms with Gasteiger partial charge in [0.25, 0.3) is 0 Å². The molecule has 0 aromatic carbocycles. The number of rotatable bonds is 4. The minimum Gasteiger partial charge on any atom is -0.346 e. The number of hydrogen-bond acceptors (Lipinski definition) is 3. The van der Waals surface area contributed by atoms with Crippen LogP contribution in [0.1, 0.15) is 12.8 Å². The van der Waals surface area contributed by atoms with Crippen molar-refractivity contribution >= 4 is 5.91 Å². The van der Waals surface area contributed by atoms with E-state index in [-0.39, 0.29) is 6.54 Å². The van der Waals surface area contributed by atoms with Crippen LogP contribution in [0, 0.1) is 5.92 Å². The predicted octanol–water partition coefficient (Wildman–Crippen LogP) is 0.336. The number of likely N-dealkylation sites (tertiary alicyclic amines) is 1. The molecule has 0 aliphatic carbocycles. The molecule has 1 unspecified atom stereocenters. The van der Waals surface area contributed by atoms with Crippen LogP contribution < -0.4 is 11.1 Å². The second-order valence-corrected chi connectivity index (χ2v) is 4.37. The molecule has 1 heterocycles. The molecule has 1 atom stereocenters. The SMILES string of the molecule is NCC1CCCN(CC(=O)NCC(F)(F)F)C1. The van der Waals surface area contributed by atoms with Crippen LogP contribution in [0.15, 0.2) is 0 Å². The lowest BCUT2D eigenvalue weighted by molar-refractivity contribution is -0.139. The van der Waals surface area contributed by atoms with E-state index in [0.29, 0.717) is 19.0 Å². The molecule has 7 heteroatoms. The van der Waals surface area contributed by atoms with E-state index in [1.807, 2.05) is 10.2 Å². The standard InChI is InChI=1S/C10H18F3N3O/c11-10(12,13)7-15-9(17)6-16-3-1-2-8(4-14)5-16/h8H,1-7,14H2,(H,15,17). The van der Waals surface area contributed by atoms with Gasteiger partial charge in [0.05, 0.1) is 6.54 Å². The molecule has 1 aliphatic heterocycles. The van der Waals surface area contributed by atoms with Crippen LogP contribution in [0.5, 0.6) is 0 Å². The number of halogens is 3. The van der Waals surface area contributed by atoms with E-state index >= 15 is 0 Å². The third kappa shape index (κ3) is 5.88. The Hall–Kier alpha value is -0.820. The van der Waals surface area contributed by atoms with E-state index in [1.165, 1.54) is 0 Å². The molecule has 0 radical (unpaired) electrons. The average molecular weight is 253 g/mol. The van der Waals surface area contributed by atoms with Crippen molar-refractivity contribution in [1.82, 2.24) is 10.2 Å². The van der Waals surface area contributed by atoms with Gasteiger partial charge in [0.15, 0.2) is 0 Å². The number of nitrogens with one attached hydrogen (secondary N) is 1. The summed E-state index contributed by atoms with van der Waals surface area (Å²) in [5, 5.41) is 1.87. The zero-order valence-electron chi connectivity index (χ0n) is 9.59. The summed E-state index contributed by atoms with van der Waals surface area (Å²) in [5.41, 5.74) is 5.54. The monoisotopic (exact) mass is 253 g/mol. The summed E-state index contributed by atoms with van der Waals surface area (Å²) in [6.07, 6.45) is -2.39. The van der Waals surface area contributed by atoms with Crippen LogP contribution in [0.2, 0.25) is 0 Å². The Morgan fingerprint density at radius 1 is 1.47 bits per heavy atom. The topological polar surface area (TPSA) is 58.4 Å². The summed E-state index contributed by atoms with van der Waals surface area (Å²) in [6, 6.07) is 0. The molecule has 0 bridgehead atoms. The maximum absolute atomic E-state index is 11.9. The van der Waals surface area contributed by atoms with E-state index in [9.17, 15) is 18.0 Å². The van der Waals surface area contributed by atoms with Crippen molar-refractivity contribution in [2.24, 2.45) is 11.7 Å². The minimum absolute atomic E-state index is 0.0204. The number of hydrogen-bond donors (Lipinski definition) is 2. The van der Waals surface area contributed by atoms with Gasteiger partial charge in [-0.1, -0.05) is 0 Å². The average Bonchev–Trinajstić information content (AvgIpc) is 2.26. The van der Waals surface area contributed by atoms with Crippen LogP contribution in [0.25, 0.3) is 0 Å². The van der Waals surface area contributed by atoms with Crippen molar-refractivity contribution in [2.45, 2.75) is 19.0 Å². The van der Waals surface area contributed by atoms with E-state index in [2.05, 4.69) is 0 Å². The largest absolute Gasteiger partial charge is 0.405 e. The van der Waals surface area contributed by atoms with Crippen LogP contribution in [0.4, 0.5) is 13.2 Å². The van der Waals surface area contributed by atoms with Gasteiger partial charge in [-0.3, -0.25) is 9.69 Å². The van der Waals surface area contributed by atoms with Gasteiger partial charge in [0.1, 0.15) is 6.54 Å². The Kier molecular flexibility index (Phi) is 5.20. The third-order valence-corrected chi connectivity index (χ3v) is 2.79. The van der Waals surface area contributed by atoms with Crippen molar-refractivity contribution in [3.05, 3.63) is 0 Å². The van der Waals surface area contributed by atoms with Gasteiger partial charge in [0, 0.05) is 6.54 Å². The summed E-state index contributed by atoms with van der Waals surface area (Å²) in [4.78, 5) is 13.1. The number of alkyl halides is 3. The highest BCUT2D eigenvalue weighted by Gasteiger charge is 2.28. The van der Waals surface area contributed by atoms with Gasteiger partial charge in [0.2, 0.25) is 5.91 Å². The zero-order chi connectivity index (χ0) is 12.9. The molecule has 1 rings (SSSR count). The van der Waals surface area contributed by atoms with E-state index in [1.54, 1.807) is 0 Å². The number of amides is 1. The second-order valence-electron chi connectivity index (χ2n) is 4.37. The van der Waals surface area contributed by atoms with E-state index < -0.39 is 18.6 Å². The van der Waals surface area contributed by atoms with Gasteiger partial charge in [-0.05, 0) is 31.8 Å². The van der Waals surface area contributed by atoms with Gasteiger partial charge in [-0.15, -0.1) is 0 Å². The zero-order valence-corrected chi connectivity index (χ0v) is 9.59. The highest BCUT2D eigenvalue weighted by atomic mass is 19.4. The first-order valence-corrected chi connectivity index (χ1v) is 5.66. The van der Waals surface area contributed by atoms with Crippen molar-refractivity contribution < 1.29 is 18.0 Å². The molecule has 100 valence electrons. The molecule has 0 aromatic rings. The molecule has 0 aromatic heterocycles. The molecule has 1 fully saturated rings.